The summed E-state index contributed by atoms with van der Waals surface area (Å²) in [5.41, 5.74) is 1.06. The topological polar surface area (TPSA) is 66.5 Å². The molecule has 24 heavy (non-hydrogen) atoms. The molecule has 1 atom stereocenters. The Morgan fingerprint density at radius 2 is 2.12 bits per heavy atom. The molecule has 2 rings (SSSR count). The van der Waals surface area contributed by atoms with Crippen molar-refractivity contribution in [1.82, 2.24) is 10.2 Å². The Morgan fingerprint density at radius 3 is 2.79 bits per heavy atom. The number of halogens is 1. The first-order valence-corrected chi connectivity index (χ1v) is 8.59. The van der Waals surface area contributed by atoms with E-state index in [0.29, 0.717) is 24.5 Å². The maximum absolute atomic E-state index is 12.1. The number of likely N-dealkylation sites (tertiary alicyclic amines) is 1. The van der Waals surface area contributed by atoms with E-state index in [0.717, 1.165) is 5.56 Å². The van der Waals surface area contributed by atoms with Crippen LogP contribution >= 0.6 is 11.6 Å². The van der Waals surface area contributed by atoms with Crippen LogP contribution in [-0.2, 0) is 20.8 Å². The fraction of sp³-hybridized carbons (Fsp3) is 0.500. The van der Waals surface area contributed by atoms with Crippen molar-refractivity contribution in [2.24, 2.45) is 5.92 Å². The molecule has 6 heteroatoms. The molecule has 1 saturated heterocycles. The van der Waals surface area contributed by atoms with Gasteiger partial charge in [0.05, 0.1) is 6.04 Å². The molecule has 0 radical (unpaired) electrons. The fourth-order valence-electron chi connectivity index (χ4n) is 2.77. The van der Waals surface area contributed by atoms with Crippen LogP contribution in [0.4, 0.5) is 0 Å². The minimum absolute atomic E-state index is 0.00126. The Balaban J connectivity index is 1.82. The summed E-state index contributed by atoms with van der Waals surface area (Å²) in [6.45, 7) is 4.80. The maximum Gasteiger partial charge on any atom is 0.287 e. The number of ketones is 1. The highest BCUT2D eigenvalue weighted by Crippen LogP contribution is 2.15. The molecule has 1 N–H and O–H groups in total. The van der Waals surface area contributed by atoms with Crippen molar-refractivity contribution in [3.05, 3.63) is 34.9 Å². The number of amides is 2. The van der Waals surface area contributed by atoms with Crippen molar-refractivity contribution in [2.45, 2.75) is 39.2 Å². The van der Waals surface area contributed by atoms with Gasteiger partial charge in [-0.05, 0) is 30.0 Å². The van der Waals surface area contributed by atoms with E-state index in [9.17, 15) is 14.4 Å². The highest BCUT2D eigenvalue weighted by Gasteiger charge is 2.31. The van der Waals surface area contributed by atoms with Gasteiger partial charge in [-0.1, -0.05) is 37.6 Å². The molecule has 1 aliphatic heterocycles. The lowest BCUT2D eigenvalue weighted by molar-refractivity contribution is -0.138. The molecule has 1 aromatic carbocycles. The monoisotopic (exact) mass is 350 g/mol. The lowest BCUT2D eigenvalue weighted by atomic mass is 10.1. The largest absolute Gasteiger partial charge is 0.344 e. The third kappa shape index (κ3) is 5.34. The van der Waals surface area contributed by atoms with Crippen molar-refractivity contribution >= 4 is 29.2 Å². The molecule has 1 aromatic rings. The number of Topliss-reactive ketones (excluding diaryl/α,β-unsaturated/α-hetero) is 1. The van der Waals surface area contributed by atoms with E-state index in [1.54, 1.807) is 4.90 Å². The van der Waals surface area contributed by atoms with E-state index >= 15 is 0 Å². The van der Waals surface area contributed by atoms with Gasteiger partial charge in [-0.3, -0.25) is 14.4 Å². The number of hydrogen-bond acceptors (Lipinski definition) is 3. The number of benzene rings is 1. The standard InChI is InChI=1S/C18H23ClN2O3/c1-12(2)8-16(22)18(24)20-15-10-17(23)21(11-15)7-6-13-4-3-5-14(19)9-13/h3-5,9,12,15H,6-8,10-11H2,1-2H3,(H,20,24)/t15-/m1/s1. The Morgan fingerprint density at radius 1 is 1.38 bits per heavy atom. The molecule has 0 saturated carbocycles. The van der Waals surface area contributed by atoms with Crippen LogP contribution in [0.2, 0.25) is 5.02 Å². The van der Waals surface area contributed by atoms with Crippen molar-refractivity contribution in [1.29, 1.82) is 0 Å². The average molecular weight is 351 g/mol. The summed E-state index contributed by atoms with van der Waals surface area (Å²) < 4.78 is 0. The summed E-state index contributed by atoms with van der Waals surface area (Å²) in [5, 5.41) is 3.35. The van der Waals surface area contributed by atoms with Gasteiger partial charge in [-0.2, -0.15) is 0 Å². The Kier molecular flexibility index (Phi) is 6.37. The second-order valence-corrected chi connectivity index (χ2v) is 7.05. The molecular formula is C18H23ClN2O3. The smallest absolute Gasteiger partial charge is 0.287 e. The van der Waals surface area contributed by atoms with E-state index < -0.39 is 11.7 Å². The number of carbonyl (C=O) groups excluding carboxylic acids is 3. The molecule has 0 unspecified atom stereocenters. The third-order valence-electron chi connectivity index (χ3n) is 3.96. The first-order chi connectivity index (χ1) is 11.3. The van der Waals surface area contributed by atoms with E-state index in [-0.39, 0.29) is 30.7 Å². The Bertz CT molecular complexity index is 630. The summed E-state index contributed by atoms with van der Waals surface area (Å²) in [4.78, 5) is 37.4. The molecule has 0 bridgehead atoms. The minimum atomic E-state index is -0.585. The van der Waals surface area contributed by atoms with Gasteiger partial charge in [-0.25, -0.2) is 0 Å². The van der Waals surface area contributed by atoms with Gasteiger partial charge < -0.3 is 10.2 Å². The molecule has 0 spiro atoms. The second kappa shape index (κ2) is 8.29. The summed E-state index contributed by atoms with van der Waals surface area (Å²) in [6.07, 6.45) is 1.18. The Labute approximate surface area is 147 Å². The van der Waals surface area contributed by atoms with Crippen LogP contribution < -0.4 is 5.32 Å². The average Bonchev–Trinajstić information content (AvgIpc) is 2.84. The van der Waals surface area contributed by atoms with Crippen LogP contribution in [0, 0.1) is 5.92 Å². The molecule has 1 aliphatic rings. The zero-order valence-electron chi connectivity index (χ0n) is 14.0. The molecule has 1 fully saturated rings. The van der Waals surface area contributed by atoms with Gasteiger partial charge in [0.2, 0.25) is 11.7 Å². The van der Waals surface area contributed by atoms with Gasteiger partial charge in [0.15, 0.2) is 0 Å². The summed E-state index contributed by atoms with van der Waals surface area (Å²) >= 11 is 5.95. The van der Waals surface area contributed by atoms with E-state index in [1.807, 2.05) is 38.1 Å². The SMILES string of the molecule is CC(C)CC(=O)C(=O)N[C@@H]1CC(=O)N(CCc2cccc(Cl)c2)C1. The Hall–Kier alpha value is -1.88. The first-order valence-electron chi connectivity index (χ1n) is 8.21. The predicted molar refractivity (Wildman–Crippen MR) is 92.7 cm³/mol. The maximum atomic E-state index is 12.1. The number of nitrogens with one attached hydrogen (secondary N) is 1. The van der Waals surface area contributed by atoms with Gasteiger partial charge in [0.1, 0.15) is 0 Å². The molecule has 2 amide bonds. The van der Waals surface area contributed by atoms with Crippen LogP contribution in [-0.4, -0.2) is 41.6 Å². The minimum Gasteiger partial charge on any atom is -0.344 e. The normalized spacial score (nSPS) is 17.4. The second-order valence-electron chi connectivity index (χ2n) is 6.62. The lowest BCUT2D eigenvalue weighted by Crippen LogP contribution is -2.41. The van der Waals surface area contributed by atoms with E-state index in [1.165, 1.54) is 0 Å². The van der Waals surface area contributed by atoms with E-state index in [2.05, 4.69) is 5.32 Å². The summed E-state index contributed by atoms with van der Waals surface area (Å²) in [7, 11) is 0. The van der Waals surface area contributed by atoms with Crippen molar-refractivity contribution in [3.63, 3.8) is 0 Å². The van der Waals surface area contributed by atoms with Gasteiger partial charge in [0, 0.05) is 31.0 Å². The van der Waals surface area contributed by atoms with Crippen molar-refractivity contribution < 1.29 is 14.4 Å². The lowest BCUT2D eigenvalue weighted by Gasteiger charge is -2.17. The predicted octanol–water partition coefficient (Wildman–Crippen LogP) is 2.21. The van der Waals surface area contributed by atoms with Crippen molar-refractivity contribution in [2.75, 3.05) is 13.1 Å². The molecule has 5 nitrogen and oxygen atoms in total. The highest BCUT2D eigenvalue weighted by atomic mass is 35.5. The van der Waals surface area contributed by atoms with Crippen LogP contribution in [0.5, 0.6) is 0 Å². The molecule has 1 heterocycles. The number of hydrogen-bond donors (Lipinski definition) is 1. The van der Waals surface area contributed by atoms with Crippen LogP contribution in [0.15, 0.2) is 24.3 Å². The van der Waals surface area contributed by atoms with Gasteiger partial charge >= 0.3 is 0 Å². The fourth-order valence-corrected chi connectivity index (χ4v) is 2.98. The van der Waals surface area contributed by atoms with Crippen LogP contribution in [0.1, 0.15) is 32.3 Å². The molecule has 0 aromatic heterocycles. The third-order valence-corrected chi connectivity index (χ3v) is 4.19. The zero-order chi connectivity index (χ0) is 17.7. The molecular weight excluding hydrogens is 328 g/mol. The zero-order valence-corrected chi connectivity index (χ0v) is 14.8. The molecule has 130 valence electrons. The summed E-state index contributed by atoms with van der Waals surface area (Å²) in [5.74, 6) is -0.866. The van der Waals surface area contributed by atoms with Crippen molar-refractivity contribution in [3.8, 4) is 0 Å². The molecule has 0 aliphatic carbocycles. The van der Waals surface area contributed by atoms with Gasteiger partial charge in [-0.15, -0.1) is 0 Å². The highest BCUT2D eigenvalue weighted by molar-refractivity contribution is 6.36. The quantitative estimate of drug-likeness (QED) is 0.767. The number of rotatable bonds is 7. The first kappa shape index (κ1) is 18.5. The van der Waals surface area contributed by atoms with Crippen LogP contribution in [0.25, 0.3) is 0 Å². The van der Waals surface area contributed by atoms with E-state index in [4.69, 9.17) is 11.6 Å². The summed E-state index contributed by atoms with van der Waals surface area (Å²) in [6, 6.07) is 7.25. The van der Waals surface area contributed by atoms with Crippen LogP contribution in [0.3, 0.4) is 0 Å². The number of carbonyl (C=O) groups is 3. The number of nitrogens with zero attached hydrogens (tertiary/aromatic N) is 1. The van der Waals surface area contributed by atoms with Gasteiger partial charge in [0.25, 0.3) is 5.91 Å².